The van der Waals surface area contributed by atoms with Gasteiger partial charge < -0.3 is 19.5 Å². The van der Waals surface area contributed by atoms with E-state index >= 15 is 0 Å². The molecule has 0 atom stereocenters. The maximum atomic E-state index is 14.9. The number of hydrogen-bond acceptors (Lipinski definition) is 6. The van der Waals surface area contributed by atoms with Crippen molar-refractivity contribution in [1.29, 1.82) is 0 Å². The molecule has 1 saturated heterocycles. The highest BCUT2D eigenvalue weighted by Gasteiger charge is 2.22. The Bertz CT molecular complexity index is 1120. The van der Waals surface area contributed by atoms with Crippen molar-refractivity contribution in [1.82, 2.24) is 14.9 Å². The zero-order valence-corrected chi connectivity index (χ0v) is 16.7. The number of rotatable bonds is 5. The third-order valence-electron chi connectivity index (χ3n) is 5.09. The van der Waals surface area contributed by atoms with Crippen LogP contribution >= 0.6 is 0 Å². The lowest BCUT2D eigenvalue weighted by Crippen LogP contribution is -2.44. The highest BCUT2D eigenvalue weighted by atomic mass is 19.1. The van der Waals surface area contributed by atoms with Gasteiger partial charge in [-0.3, -0.25) is 4.79 Å². The monoisotopic (exact) mass is 410 g/mol. The molecule has 3 heterocycles. The summed E-state index contributed by atoms with van der Waals surface area (Å²) in [5.41, 5.74) is 0.598. The number of esters is 1. The molecule has 1 N–H and O–H groups in total. The predicted octanol–water partition coefficient (Wildman–Crippen LogP) is 2.17. The average Bonchev–Trinajstić information content (AvgIpc) is 2.77. The third kappa shape index (κ3) is 3.91. The summed E-state index contributed by atoms with van der Waals surface area (Å²) in [7, 11) is 0. The van der Waals surface area contributed by atoms with Crippen LogP contribution in [0.3, 0.4) is 0 Å². The Kier molecular flexibility index (Phi) is 5.76. The second kappa shape index (κ2) is 8.62. The number of carbonyl (C=O) groups excluding carboxylic acids is 1. The number of aromatic nitrogens is 2. The summed E-state index contributed by atoms with van der Waals surface area (Å²) >= 11 is 0. The Morgan fingerprint density at radius 2 is 1.97 bits per heavy atom. The molecule has 1 aromatic carbocycles. The van der Waals surface area contributed by atoms with Gasteiger partial charge in [-0.05, 0) is 18.6 Å². The molecular formula is C22H23FN4O3. The molecule has 0 aliphatic carbocycles. The van der Waals surface area contributed by atoms with Gasteiger partial charge in [-0.25, -0.2) is 14.2 Å². The van der Waals surface area contributed by atoms with E-state index in [1.165, 1.54) is 12.3 Å². The van der Waals surface area contributed by atoms with Crippen LogP contribution in [-0.4, -0.2) is 48.3 Å². The van der Waals surface area contributed by atoms with Crippen molar-refractivity contribution in [2.24, 2.45) is 0 Å². The van der Waals surface area contributed by atoms with Gasteiger partial charge in [-0.2, -0.15) is 0 Å². The standard InChI is InChI=1S/C22H23FN4O3/c1-2-30-22(29)17-14-27(13-15-6-4-3-5-7-15)20-16(19(17)28)12-18(23)21(25-20)26-10-8-24-9-11-26/h3-7,12,14,24H,2,8-11,13H2,1H3. The highest BCUT2D eigenvalue weighted by Crippen LogP contribution is 2.22. The topological polar surface area (TPSA) is 76.5 Å². The summed E-state index contributed by atoms with van der Waals surface area (Å²) in [5.74, 6) is -1.08. The number of nitrogens with one attached hydrogen (secondary N) is 1. The van der Waals surface area contributed by atoms with Crippen molar-refractivity contribution >= 4 is 22.8 Å². The van der Waals surface area contributed by atoms with E-state index in [2.05, 4.69) is 10.3 Å². The average molecular weight is 410 g/mol. The molecule has 7 nitrogen and oxygen atoms in total. The van der Waals surface area contributed by atoms with Crippen LogP contribution in [0, 0.1) is 5.82 Å². The maximum Gasteiger partial charge on any atom is 0.343 e. The molecule has 156 valence electrons. The number of ether oxygens (including phenoxy) is 1. The van der Waals surface area contributed by atoms with Crippen molar-refractivity contribution in [3.05, 3.63) is 69.8 Å². The highest BCUT2D eigenvalue weighted by molar-refractivity contribution is 5.93. The number of halogens is 1. The first kappa shape index (κ1) is 20.0. The normalized spacial score (nSPS) is 14.1. The lowest BCUT2D eigenvalue weighted by atomic mass is 10.1. The van der Waals surface area contributed by atoms with Crippen LogP contribution in [0.4, 0.5) is 10.2 Å². The minimum absolute atomic E-state index is 0.0628. The molecule has 0 saturated carbocycles. The number of fused-ring (bicyclic) bond motifs is 1. The molecule has 8 heteroatoms. The molecular weight excluding hydrogens is 387 g/mol. The van der Waals surface area contributed by atoms with E-state index in [1.54, 1.807) is 11.5 Å². The zero-order chi connectivity index (χ0) is 21.1. The fraction of sp³-hybridized carbons (Fsp3) is 0.318. The fourth-order valence-electron chi connectivity index (χ4n) is 3.63. The number of nitrogens with zero attached hydrogens (tertiary/aromatic N) is 3. The van der Waals surface area contributed by atoms with Crippen molar-refractivity contribution in [3.8, 4) is 0 Å². The molecule has 4 rings (SSSR count). The largest absolute Gasteiger partial charge is 0.462 e. The van der Waals surface area contributed by atoms with Crippen LogP contribution in [0.25, 0.3) is 11.0 Å². The summed E-state index contributed by atoms with van der Waals surface area (Å²) in [4.78, 5) is 31.7. The van der Waals surface area contributed by atoms with Crippen LogP contribution in [0.2, 0.25) is 0 Å². The summed E-state index contributed by atoms with van der Waals surface area (Å²) in [5, 5.41) is 3.29. The number of pyridine rings is 2. The molecule has 0 amide bonds. The van der Waals surface area contributed by atoms with Crippen LogP contribution in [0.1, 0.15) is 22.8 Å². The lowest BCUT2D eigenvalue weighted by Gasteiger charge is -2.29. The molecule has 3 aromatic rings. The Labute approximate surface area is 173 Å². The second-order valence-electron chi connectivity index (χ2n) is 7.11. The van der Waals surface area contributed by atoms with Crippen molar-refractivity contribution in [2.75, 3.05) is 37.7 Å². The van der Waals surface area contributed by atoms with Gasteiger partial charge in [0, 0.05) is 38.9 Å². The quantitative estimate of drug-likeness (QED) is 0.650. The number of hydrogen-bond donors (Lipinski definition) is 1. The van der Waals surface area contributed by atoms with E-state index in [1.807, 2.05) is 35.2 Å². The van der Waals surface area contributed by atoms with Gasteiger partial charge in [-0.1, -0.05) is 30.3 Å². The molecule has 0 unspecified atom stereocenters. The second-order valence-corrected chi connectivity index (χ2v) is 7.11. The number of carbonyl (C=O) groups is 1. The summed E-state index contributed by atoms with van der Waals surface area (Å²) in [6.45, 7) is 4.91. The summed E-state index contributed by atoms with van der Waals surface area (Å²) in [6, 6.07) is 10.8. The molecule has 0 radical (unpaired) electrons. The Hall–Kier alpha value is -3.26. The van der Waals surface area contributed by atoms with Crippen molar-refractivity contribution < 1.29 is 13.9 Å². The van der Waals surface area contributed by atoms with E-state index in [4.69, 9.17) is 4.74 Å². The Morgan fingerprint density at radius 3 is 2.67 bits per heavy atom. The zero-order valence-electron chi connectivity index (χ0n) is 16.7. The van der Waals surface area contributed by atoms with Crippen LogP contribution < -0.4 is 15.6 Å². The minimum Gasteiger partial charge on any atom is -0.462 e. The van der Waals surface area contributed by atoms with E-state index in [0.29, 0.717) is 25.3 Å². The molecule has 2 aromatic heterocycles. The Balaban J connectivity index is 1.90. The van der Waals surface area contributed by atoms with Crippen LogP contribution in [0.15, 0.2) is 47.4 Å². The predicted molar refractivity (Wildman–Crippen MR) is 113 cm³/mol. The van der Waals surface area contributed by atoms with Gasteiger partial charge in [0.15, 0.2) is 11.6 Å². The van der Waals surface area contributed by atoms with Crippen molar-refractivity contribution in [2.45, 2.75) is 13.5 Å². The molecule has 30 heavy (non-hydrogen) atoms. The number of anilines is 1. The maximum absolute atomic E-state index is 14.9. The minimum atomic E-state index is -0.724. The molecule has 1 aliphatic rings. The number of benzene rings is 1. The molecule has 0 bridgehead atoms. The van der Waals surface area contributed by atoms with Gasteiger partial charge in [0.2, 0.25) is 5.43 Å². The number of piperazine rings is 1. The van der Waals surface area contributed by atoms with E-state index in [-0.39, 0.29) is 23.4 Å². The van der Waals surface area contributed by atoms with E-state index in [0.717, 1.165) is 18.7 Å². The van der Waals surface area contributed by atoms with Crippen LogP contribution in [0.5, 0.6) is 0 Å². The SMILES string of the molecule is CCOC(=O)c1cn(Cc2ccccc2)c2nc(N3CCNCC3)c(F)cc2c1=O. The van der Waals surface area contributed by atoms with Gasteiger partial charge in [-0.15, -0.1) is 0 Å². The lowest BCUT2D eigenvalue weighted by molar-refractivity contribution is 0.0524. The molecule has 1 fully saturated rings. The first-order valence-electron chi connectivity index (χ1n) is 9.99. The smallest absolute Gasteiger partial charge is 0.343 e. The van der Waals surface area contributed by atoms with Gasteiger partial charge >= 0.3 is 5.97 Å². The Morgan fingerprint density at radius 1 is 1.23 bits per heavy atom. The summed E-state index contributed by atoms with van der Waals surface area (Å²) in [6.07, 6.45) is 1.46. The van der Waals surface area contributed by atoms with Gasteiger partial charge in [0.05, 0.1) is 12.0 Å². The third-order valence-corrected chi connectivity index (χ3v) is 5.09. The van der Waals surface area contributed by atoms with Gasteiger partial charge in [0.25, 0.3) is 0 Å². The first-order chi connectivity index (χ1) is 14.6. The van der Waals surface area contributed by atoms with Gasteiger partial charge in [0.1, 0.15) is 11.2 Å². The van der Waals surface area contributed by atoms with Crippen molar-refractivity contribution in [3.63, 3.8) is 0 Å². The van der Waals surface area contributed by atoms with E-state index < -0.39 is 17.2 Å². The molecule has 0 spiro atoms. The van der Waals surface area contributed by atoms with E-state index in [9.17, 15) is 14.0 Å². The van der Waals surface area contributed by atoms with Crippen LogP contribution in [-0.2, 0) is 11.3 Å². The molecule has 1 aliphatic heterocycles. The first-order valence-corrected chi connectivity index (χ1v) is 9.99. The fourth-order valence-corrected chi connectivity index (χ4v) is 3.63. The summed E-state index contributed by atoms with van der Waals surface area (Å²) < 4.78 is 21.7.